The first kappa shape index (κ1) is 8.11. The van der Waals surface area contributed by atoms with Gasteiger partial charge in [0.2, 0.25) is 11.1 Å². The monoisotopic (exact) mass is 196 g/mol. The molecular formula is C6H8N6S. The van der Waals surface area contributed by atoms with Crippen molar-refractivity contribution < 1.29 is 0 Å². The first-order valence-electron chi connectivity index (χ1n) is 3.63. The van der Waals surface area contributed by atoms with Gasteiger partial charge in [-0.25, -0.2) is 5.10 Å². The van der Waals surface area contributed by atoms with Crippen LogP contribution in [0.15, 0.2) is 23.6 Å². The molecule has 0 aliphatic heterocycles. The minimum atomic E-state index is 0.336. The molecule has 2 aromatic heterocycles. The van der Waals surface area contributed by atoms with Crippen molar-refractivity contribution in [3.05, 3.63) is 18.5 Å². The molecule has 0 spiro atoms. The summed E-state index contributed by atoms with van der Waals surface area (Å²) in [5.74, 6) is 1.02. The maximum absolute atomic E-state index is 5.36. The van der Waals surface area contributed by atoms with Crippen molar-refractivity contribution >= 4 is 17.7 Å². The number of nitrogen functional groups attached to an aromatic ring is 1. The van der Waals surface area contributed by atoms with E-state index in [-0.39, 0.29) is 0 Å². The topological polar surface area (TPSA) is 85.4 Å². The zero-order chi connectivity index (χ0) is 9.10. The summed E-state index contributed by atoms with van der Waals surface area (Å²) in [6.07, 6.45) is 3.61. The fourth-order valence-corrected chi connectivity index (χ4v) is 1.50. The second-order valence-electron chi connectivity index (χ2n) is 2.32. The van der Waals surface area contributed by atoms with E-state index in [0.29, 0.717) is 17.0 Å². The number of hydrogen-bond acceptors (Lipinski definition) is 5. The number of anilines is 1. The summed E-state index contributed by atoms with van der Waals surface area (Å²) < 4.78 is 1.79. The molecule has 0 atom stereocenters. The van der Waals surface area contributed by atoms with Crippen LogP contribution in [-0.2, 0) is 5.88 Å². The molecular weight excluding hydrogens is 188 g/mol. The van der Waals surface area contributed by atoms with Crippen LogP contribution in [0, 0.1) is 0 Å². The lowest BCUT2D eigenvalue weighted by Gasteiger charge is -1.95. The molecule has 0 aliphatic carbocycles. The minimum Gasteiger partial charge on any atom is -0.368 e. The SMILES string of the molecule is Nc1nc(SCn2cccn2)n[nH]1. The molecule has 6 nitrogen and oxygen atoms in total. The van der Waals surface area contributed by atoms with Crippen LogP contribution < -0.4 is 5.73 Å². The van der Waals surface area contributed by atoms with Crippen LogP contribution in [-0.4, -0.2) is 25.0 Å². The standard InChI is InChI=1S/C6H8N6S/c7-5-9-6(11-10-5)13-4-12-3-1-2-8-12/h1-3H,4H2,(H3,7,9,10,11). The van der Waals surface area contributed by atoms with Crippen LogP contribution in [0.25, 0.3) is 0 Å². The quantitative estimate of drug-likeness (QED) is 0.691. The first-order chi connectivity index (χ1) is 6.34. The van der Waals surface area contributed by atoms with Crippen molar-refractivity contribution in [2.75, 3.05) is 5.73 Å². The molecule has 3 N–H and O–H groups in total. The number of aromatic amines is 1. The molecule has 13 heavy (non-hydrogen) atoms. The molecule has 68 valence electrons. The highest BCUT2D eigenvalue weighted by atomic mass is 32.2. The summed E-state index contributed by atoms with van der Waals surface area (Å²) in [6, 6.07) is 1.87. The normalized spacial score (nSPS) is 10.5. The molecule has 0 fully saturated rings. The zero-order valence-corrected chi connectivity index (χ0v) is 7.53. The van der Waals surface area contributed by atoms with Gasteiger partial charge >= 0.3 is 0 Å². The summed E-state index contributed by atoms with van der Waals surface area (Å²) in [7, 11) is 0. The number of hydrogen-bond donors (Lipinski definition) is 2. The summed E-state index contributed by atoms with van der Waals surface area (Å²) in [5, 5.41) is 11.1. The van der Waals surface area contributed by atoms with Gasteiger partial charge in [0.05, 0.1) is 5.88 Å². The number of nitrogens with zero attached hydrogens (tertiary/aromatic N) is 4. The third-order valence-corrected chi connectivity index (χ3v) is 2.20. The number of nitrogens with two attached hydrogens (primary N) is 1. The second kappa shape index (κ2) is 3.48. The molecule has 0 saturated carbocycles. The van der Waals surface area contributed by atoms with E-state index in [1.165, 1.54) is 11.8 Å². The van der Waals surface area contributed by atoms with E-state index in [1.807, 2.05) is 12.3 Å². The Balaban J connectivity index is 1.93. The van der Waals surface area contributed by atoms with Gasteiger partial charge in [-0.05, 0) is 6.07 Å². The molecule has 0 amide bonds. The Labute approximate surface area is 78.5 Å². The molecule has 7 heteroatoms. The number of nitrogens with one attached hydrogen (secondary N) is 1. The van der Waals surface area contributed by atoms with Gasteiger partial charge in [-0.15, -0.1) is 5.10 Å². The van der Waals surface area contributed by atoms with E-state index in [2.05, 4.69) is 20.3 Å². The molecule has 0 bridgehead atoms. The third kappa shape index (κ3) is 2.00. The van der Waals surface area contributed by atoms with Crippen LogP contribution in [0.4, 0.5) is 5.95 Å². The Bertz CT molecular complexity index is 366. The van der Waals surface area contributed by atoms with Crippen LogP contribution in [0.3, 0.4) is 0 Å². The highest BCUT2D eigenvalue weighted by Gasteiger charge is 2.00. The van der Waals surface area contributed by atoms with Crippen molar-refractivity contribution in [2.24, 2.45) is 0 Å². The van der Waals surface area contributed by atoms with Gasteiger partial charge in [-0.1, -0.05) is 11.8 Å². The van der Waals surface area contributed by atoms with Gasteiger partial charge < -0.3 is 5.73 Å². The number of H-pyrrole nitrogens is 1. The summed E-state index contributed by atoms with van der Waals surface area (Å²) >= 11 is 1.47. The smallest absolute Gasteiger partial charge is 0.216 e. The highest BCUT2D eigenvalue weighted by Crippen LogP contribution is 2.14. The van der Waals surface area contributed by atoms with Gasteiger partial charge in [0, 0.05) is 12.4 Å². The van der Waals surface area contributed by atoms with Crippen molar-refractivity contribution in [3.63, 3.8) is 0 Å². The van der Waals surface area contributed by atoms with Crippen LogP contribution in [0.5, 0.6) is 0 Å². The van der Waals surface area contributed by atoms with E-state index < -0.39 is 0 Å². The molecule has 0 aliphatic rings. The molecule has 0 radical (unpaired) electrons. The summed E-state index contributed by atoms with van der Waals surface area (Å²) in [6.45, 7) is 0. The lowest BCUT2D eigenvalue weighted by atomic mass is 10.8. The lowest BCUT2D eigenvalue weighted by molar-refractivity contribution is 0.748. The van der Waals surface area contributed by atoms with E-state index in [9.17, 15) is 0 Å². The largest absolute Gasteiger partial charge is 0.368 e. The molecule has 0 saturated heterocycles. The third-order valence-electron chi connectivity index (χ3n) is 1.37. The second-order valence-corrected chi connectivity index (χ2v) is 3.23. The molecule has 2 aromatic rings. The van der Waals surface area contributed by atoms with Crippen molar-refractivity contribution in [1.82, 2.24) is 25.0 Å². The van der Waals surface area contributed by atoms with Crippen molar-refractivity contribution in [3.8, 4) is 0 Å². The Kier molecular flexibility index (Phi) is 2.17. The number of rotatable bonds is 3. The Morgan fingerprint density at radius 3 is 3.15 bits per heavy atom. The van der Waals surface area contributed by atoms with Gasteiger partial charge in [0.15, 0.2) is 0 Å². The van der Waals surface area contributed by atoms with Crippen molar-refractivity contribution in [2.45, 2.75) is 11.0 Å². The van der Waals surface area contributed by atoms with E-state index in [4.69, 9.17) is 5.73 Å². The first-order valence-corrected chi connectivity index (χ1v) is 4.61. The molecule has 0 aromatic carbocycles. The fraction of sp³-hybridized carbons (Fsp3) is 0.167. The van der Waals surface area contributed by atoms with E-state index >= 15 is 0 Å². The fourth-order valence-electron chi connectivity index (χ4n) is 0.823. The van der Waals surface area contributed by atoms with Gasteiger partial charge in [-0.3, -0.25) is 4.68 Å². The van der Waals surface area contributed by atoms with Gasteiger partial charge in [0.1, 0.15) is 0 Å². The van der Waals surface area contributed by atoms with E-state index in [0.717, 1.165) is 0 Å². The predicted molar refractivity (Wildman–Crippen MR) is 48.9 cm³/mol. The molecule has 0 unspecified atom stereocenters. The molecule has 2 rings (SSSR count). The van der Waals surface area contributed by atoms with E-state index in [1.54, 1.807) is 10.9 Å². The highest BCUT2D eigenvalue weighted by molar-refractivity contribution is 7.98. The maximum atomic E-state index is 5.36. The predicted octanol–water partition coefficient (Wildman–Crippen LogP) is 0.333. The van der Waals surface area contributed by atoms with Crippen LogP contribution in [0.1, 0.15) is 0 Å². The summed E-state index contributed by atoms with van der Waals surface area (Å²) in [5.41, 5.74) is 5.36. The number of aromatic nitrogens is 5. The summed E-state index contributed by atoms with van der Waals surface area (Å²) in [4.78, 5) is 3.94. The molecule has 2 heterocycles. The van der Waals surface area contributed by atoms with Gasteiger partial charge in [-0.2, -0.15) is 10.1 Å². The van der Waals surface area contributed by atoms with Crippen molar-refractivity contribution in [1.29, 1.82) is 0 Å². The zero-order valence-electron chi connectivity index (χ0n) is 6.71. The van der Waals surface area contributed by atoms with Crippen LogP contribution >= 0.6 is 11.8 Å². The Morgan fingerprint density at radius 2 is 2.54 bits per heavy atom. The Hall–Kier alpha value is -1.50. The Morgan fingerprint density at radius 1 is 1.62 bits per heavy atom. The average Bonchev–Trinajstić information content (AvgIpc) is 2.71. The maximum Gasteiger partial charge on any atom is 0.216 e. The van der Waals surface area contributed by atoms with Crippen LogP contribution in [0.2, 0.25) is 0 Å². The minimum absolute atomic E-state index is 0.336. The average molecular weight is 196 g/mol. The number of thioether (sulfide) groups is 1. The lowest BCUT2D eigenvalue weighted by Crippen LogP contribution is -1.94. The van der Waals surface area contributed by atoms with Gasteiger partial charge in [0.25, 0.3) is 0 Å².